The molecule has 0 radical (unpaired) electrons. The zero-order valence-corrected chi connectivity index (χ0v) is 17.1. The fraction of sp³-hybridized carbons (Fsp3) is 0.600. The minimum atomic E-state index is -0.222. The molecule has 2 fully saturated rings. The van der Waals surface area contributed by atoms with Crippen LogP contribution in [0, 0.1) is 17.3 Å². The standard InChI is InChI=1S/C25H32O2/c1-4-6-8-17-14-22(26)20-12-16(10-11-19(17)20)13-21-24-18(9-7-5-2)15-23(27)25(21,24)3/h8-9,13,16,24H,4-7,10-12,14-15H2,1-3H3/b17-8-,18-9+,21-13-/t16-,24?,25?/m1/s1. The first kappa shape index (κ1) is 18.7. The van der Waals surface area contributed by atoms with E-state index < -0.39 is 0 Å². The number of allylic oxidation sites excluding steroid dienone is 8. The Kier molecular flexibility index (Phi) is 4.86. The molecule has 0 bridgehead atoms. The summed E-state index contributed by atoms with van der Waals surface area (Å²) in [7, 11) is 0. The van der Waals surface area contributed by atoms with Crippen LogP contribution in [0.4, 0.5) is 0 Å². The maximum absolute atomic E-state index is 12.6. The van der Waals surface area contributed by atoms with Crippen LogP contribution >= 0.6 is 0 Å². The number of carbonyl (C=O) groups is 2. The van der Waals surface area contributed by atoms with Crippen molar-refractivity contribution in [1.29, 1.82) is 0 Å². The Labute approximate surface area is 163 Å². The van der Waals surface area contributed by atoms with Crippen molar-refractivity contribution in [2.45, 2.75) is 78.6 Å². The molecule has 4 rings (SSSR count). The highest BCUT2D eigenvalue weighted by atomic mass is 16.1. The summed E-state index contributed by atoms with van der Waals surface area (Å²) in [6, 6.07) is 0. The first-order valence-corrected chi connectivity index (χ1v) is 10.9. The van der Waals surface area contributed by atoms with Gasteiger partial charge in [0, 0.05) is 18.8 Å². The maximum Gasteiger partial charge on any atom is 0.163 e. The van der Waals surface area contributed by atoms with Crippen molar-refractivity contribution in [3.63, 3.8) is 0 Å². The third-order valence-electron chi connectivity index (χ3n) is 7.18. The molecule has 27 heavy (non-hydrogen) atoms. The molecule has 0 heterocycles. The third-order valence-corrected chi connectivity index (χ3v) is 7.18. The Morgan fingerprint density at radius 2 is 1.78 bits per heavy atom. The van der Waals surface area contributed by atoms with E-state index in [2.05, 4.69) is 39.0 Å². The van der Waals surface area contributed by atoms with Crippen molar-refractivity contribution in [2.24, 2.45) is 17.3 Å². The number of ketones is 2. The van der Waals surface area contributed by atoms with Crippen molar-refractivity contribution < 1.29 is 9.59 Å². The zero-order chi connectivity index (χ0) is 19.2. The van der Waals surface area contributed by atoms with Gasteiger partial charge in [-0.3, -0.25) is 9.59 Å². The van der Waals surface area contributed by atoms with E-state index in [9.17, 15) is 9.59 Å². The first-order valence-electron chi connectivity index (χ1n) is 10.9. The summed E-state index contributed by atoms with van der Waals surface area (Å²) >= 11 is 0. The average Bonchev–Trinajstić information content (AvgIpc) is 2.98. The lowest BCUT2D eigenvalue weighted by molar-refractivity contribution is -0.121. The highest BCUT2D eigenvalue weighted by molar-refractivity contribution is 6.03. The van der Waals surface area contributed by atoms with Gasteiger partial charge in [0.15, 0.2) is 5.78 Å². The zero-order valence-electron chi connectivity index (χ0n) is 17.1. The predicted octanol–water partition coefficient (Wildman–Crippen LogP) is 6.04. The van der Waals surface area contributed by atoms with E-state index in [0.29, 0.717) is 36.2 Å². The lowest BCUT2D eigenvalue weighted by Gasteiger charge is -2.21. The van der Waals surface area contributed by atoms with Gasteiger partial charge in [0.1, 0.15) is 5.78 Å². The Hall–Kier alpha value is -1.70. The van der Waals surface area contributed by atoms with Gasteiger partial charge in [-0.2, -0.15) is 0 Å². The van der Waals surface area contributed by atoms with Crippen LogP contribution in [0.2, 0.25) is 0 Å². The van der Waals surface area contributed by atoms with Gasteiger partial charge in [-0.05, 0) is 61.7 Å². The van der Waals surface area contributed by atoms with Gasteiger partial charge in [0.25, 0.3) is 0 Å². The fourth-order valence-corrected chi connectivity index (χ4v) is 5.52. The van der Waals surface area contributed by atoms with Crippen LogP contribution < -0.4 is 0 Å². The molecule has 0 aromatic rings. The number of unbranched alkanes of at least 4 members (excludes halogenated alkanes) is 2. The third kappa shape index (κ3) is 3.02. The van der Waals surface area contributed by atoms with E-state index in [1.807, 2.05) is 0 Å². The van der Waals surface area contributed by atoms with E-state index in [-0.39, 0.29) is 5.41 Å². The van der Waals surface area contributed by atoms with Crippen LogP contribution in [0.3, 0.4) is 0 Å². The van der Waals surface area contributed by atoms with Crippen molar-refractivity contribution in [3.8, 4) is 0 Å². The monoisotopic (exact) mass is 364 g/mol. The molecule has 0 saturated heterocycles. The lowest BCUT2D eigenvalue weighted by atomic mass is 9.83. The maximum atomic E-state index is 12.6. The molecule has 0 aromatic carbocycles. The molecule has 4 aliphatic carbocycles. The summed E-state index contributed by atoms with van der Waals surface area (Å²) < 4.78 is 0. The van der Waals surface area contributed by atoms with Crippen LogP contribution in [0.15, 0.2) is 46.1 Å². The van der Waals surface area contributed by atoms with Gasteiger partial charge in [0.05, 0.1) is 5.41 Å². The van der Waals surface area contributed by atoms with Gasteiger partial charge in [-0.15, -0.1) is 0 Å². The summed E-state index contributed by atoms with van der Waals surface area (Å²) in [5.41, 5.74) is 6.23. The molecule has 3 atom stereocenters. The first-order chi connectivity index (χ1) is 13.0. The lowest BCUT2D eigenvalue weighted by Crippen LogP contribution is -2.11. The SMILES string of the molecule is CCC/C=C1/CC(=O)C2=C1CC[C@@H](/C=C1/C3/C(=C/CCC)CC(=O)C13C)C2. The molecule has 144 valence electrons. The number of fused-ring (bicyclic) bond motifs is 1. The Balaban J connectivity index is 1.53. The highest BCUT2D eigenvalue weighted by Crippen LogP contribution is 2.68. The molecule has 2 heteroatoms. The number of rotatable bonds is 5. The van der Waals surface area contributed by atoms with Crippen molar-refractivity contribution in [2.75, 3.05) is 0 Å². The second-order valence-electron chi connectivity index (χ2n) is 9.00. The molecule has 4 aliphatic rings. The summed E-state index contributed by atoms with van der Waals surface area (Å²) in [5.74, 6) is 1.54. The number of Topliss-reactive ketones (excluding diaryl/α,β-unsaturated/α-hetero) is 2. The molecule has 2 unspecified atom stereocenters. The van der Waals surface area contributed by atoms with Crippen LogP contribution in [-0.2, 0) is 9.59 Å². The topological polar surface area (TPSA) is 34.1 Å². The Morgan fingerprint density at radius 3 is 2.52 bits per heavy atom. The van der Waals surface area contributed by atoms with Gasteiger partial charge >= 0.3 is 0 Å². The van der Waals surface area contributed by atoms with Crippen LogP contribution in [0.5, 0.6) is 0 Å². The predicted molar refractivity (Wildman–Crippen MR) is 109 cm³/mol. The number of hydrogen-bond acceptors (Lipinski definition) is 2. The van der Waals surface area contributed by atoms with Crippen molar-refractivity contribution in [1.82, 2.24) is 0 Å². The van der Waals surface area contributed by atoms with Gasteiger partial charge in [-0.1, -0.05) is 56.1 Å². The van der Waals surface area contributed by atoms with Crippen LogP contribution in [0.25, 0.3) is 0 Å². The number of hydrogen-bond donors (Lipinski definition) is 0. The molecule has 2 nitrogen and oxygen atoms in total. The van der Waals surface area contributed by atoms with E-state index in [0.717, 1.165) is 50.5 Å². The molecule has 0 N–H and O–H groups in total. The molecule has 0 spiro atoms. The molecule has 2 saturated carbocycles. The van der Waals surface area contributed by atoms with Crippen LogP contribution in [-0.4, -0.2) is 11.6 Å². The second kappa shape index (κ2) is 7.04. The summed E-state index contributed by atoms with van der Waals surface area (Å²) in [5, 5.41) is 0. The fourth-order valence-electron chi connectivity index (χ4n) is 5.52. The van der Waals surface area contributed by atoms with Gasteiger partial charge in [-0.25, -0.2) is 0 Å². The van der Waals surface area contributed by atoms with E-state index in [1.165, 1.54) is 22.3 Å². The Bertz CT molecular complexity index is 804. The van der Waals surface area contributed by atoms with Crippen molar-refractivity contribution >= 4 is 11.6 Å². The van der Waals surface area contributed by atoms with E-state index in [1.54, 1.807) is 0 Å². The van der Waals surface area contributed by atoms with Gasteiger partial charge in [0.2, 0.25) is 0 Å². The molecule has 0 aromatic heterocycles. The summed E-state index contributed by atoms with van der Waals surface area (Å²) in [4.78, 5) is 25.1. The highest BCUT2D eigenvalue weighted by Gasteiger charge is 2.66. The minimum absolute atomic E-state index is 0.222. The Morgan fingerprint density at radius 1 is 1.04 bits per heavy atom. The smallest absolute Gasteiger partial charge is 0.163 e. The summed E-state index contributed by atoms with van der Waals surface area (Å²) in [6.45, 7) is 6.51. The van der Waals surface area contributed by atoms with Crippen LogP contribution in [0.1, 0.15) is 78.6 Å². The minimum Gasteiger partial charge on any atom is -0.298 e. The second-order valence-corrected chi connectivity index (χ2v) is 9.00. The molecule has 0 aliphatic heterocycles. The van der Waals surface area contributed by atoms with Crippen molar-refractivity contribution in [3.05, 3.63) is 46.1 Å². The normalized spacial score (nSPS) is 36.9. The van der Waals surface area contributed by atoms with E-state index >= 15 is 0 Å². The largest absolute Gasteiger partial charge is 0.298 e. The average molecular weight is 365 g/mol. The molecular formula is C25H32O2. The summed E-state index contributed by atoms with van der Waals surface area (Å²) in [6.07, 6.45) is 15.7. The number of carbonyl (C=O) groups excluding carboxylic acids is 2. The quantitative estimate of drug-likeness (QED) is 0.557. The van der Waals surface area contributed by atoms with E-state index in [4.69, 9.17) is 0 Å². The van der Waals surface area contributed by atoms with Gasteiger partial charge < -0.3 is 0 Å². The molecule has 0 amide bonds. The molecular weight excluding hydrogens is 332 g/mol.